The number of aromatic nitrogens is 2. The molecule has 0 saturated carbocycles. The minimum absolute atomic E-state index is 0.306. The number of carboxylic acids is 1. The number of amides is 1. The van der Waals surface area contributed by atoms with Gasteiger partial charge in [0.05, 0.1) is 0 Å². The van der Waals surface area contributed by atoms with Gasteiger partial charge in [0.1, 0.15) is 0 Å². The molecule has 0 fully saturated rings. The van der Waals surface area contributed by atoms with Crippen LogP contribution in [0.3, 0.4) is 0 Å². The van der Waals surface area contributed by atoms with E-state index in [1.54, 1.807) is 36.4 Å². The molecule has 20 heavy (non-hydrogen) atoms. The molecule has 0 unspecified atom stereocenters. The zero-order chi connectivity index (χ0) is 14.4. The molecule has 0 spiro atoms. The van der Waals surface area contributed by atoms with Crippen LogP contribution in [-0.4, -0.2) is 27.2 Å². The highest BCUT2D eigenvalue weighted by atomic mass is 16.4. The summed E-state index contributed by atoms with van der Waals surface area (Å²) >= 11 is 0. The summed E-state index contributed by atoms with van der Waals surface area (Å²) in [5, 5.41) is 18.5. The Kier molecular flexibility index (Phi) is 4.18. The second-order valence-corrected chi connectivity index (χ2v) is 3.86. The first-order valence-corrected chi connectivity index (χ1v) is 5.75. The maximum absolute atomic E-state index is 11.9. The molecule has 0 aliphatic heterocycles. The number of nitrogens with zero attached hydrogens (tertiary/aromatic N) is 2. The number of hydrogen-bond donors (Lipinski definition) is 2. The van der Waals surface area contributed by atoms with E-state index in [4.69, 9.17) is 5.11 Å². The first kappa shape index (κ1) is 13.4. The van der Waals surface area contributed by atoms with Crippen LogP contribution in [0.15, 0.2) is 48.7 Å². The van der Waals surface area contributed by atoms with Crippen molar-refractivity contribution in [3.05, 3.63) is 59.8 Å². The van der Waals surface area contributed by atoms with Crippen molar-refractivity contribution in [1.29, 1.82) is 0 Å². The predicted molar refractivity (Wildman–Crippen MR) is 73.1 cm³/mol. The van der Waals surface area contributed by atoms with Gasteiger partial charge in [-0.25, -0.2) is 4.79 Å². The van der Waals surface area contributed by atoms with Crippen molar-refractivity contribution in [2.24, 2.45) is 0 Å². The Bertz CT molecular complexity index is 636. The molecule has 1 heterocycles. The van der Waals surface area contributed by atoms with Crippen molar-refractivity contribution in [3.8, 4) is 0 Å². The Morgan fingerprint density at radius 1 is 1.15 bits per heavy atom. The summed E-state index contributed by atoms with van der Waals surface area (Å²) in [7, 11) is 0. The third-order valence-corrected chi connectivity index (χ3v) is 2.41. The summed E-state index contributed by atoms with van der Waals surface area (Å²) in [6, 6.07) is 9.83. The molecule has 1 aromatic carbocycles. The van der Waals surface area contributed by atoms with Crippen molar-refractivity contribution in [2.75, 3.05) is 5.32 Å². The van der Waals surface area contributed by atoms with Crippen LogP contribution in [0.1, 0.15) is 15.9 Å². The van der Waals surface area contributed by atoms with Gasteiger partial charge in [0.2, 0.25) is 0 Å². The molecular weight excluding hydrogens is 258 g/mol. The van der Waals surface area contributed by atoms with Gasteiger partial charge in [0.15, 0.2) is 5.82 Å². The van der Waals surface area contributed by atoms with Crippen LogP contribution in [0.25, 0.3) is 6.08 Å². The Labute approximate surface area is 114 Å². The Morgan fingerprint density at radius 3 is 2.50 bits per heavy atom. The van der Waals surface area contributed by atoms with E-state index < -0.39 is 5.97 Å². The number of anilines is 1. The Morgan fingerprint density at radius 2 is 1.90 bits per heavy atom. The van der Waals surface area contributed by atoms with Gasteiger partial charge in [0, 0.05) is 17.8 Å². The van der Waals surface area contributed by atoms with E-state index in [1.165, 1.54) is 12.3 Å². The first-order chi connectivity index (χ1) is 9.65. The van der Waals surface area contributed by atoms with Crippen molar-refractivity contribution >= 4 is 23.8 Å². The van der Waals surface area contributed by atoms with Crippen molar-refractivity contribution in [1.82, 2.24) is 10.2 Å². The van der Waals surface area contributed by atoms with E-state index in [1.807, 2.05) is 0 Å². The molecule has 6 heteroatoms. The maximum Gasteiger partial charge on any atom is 0.328 e. The van der Waals surface area contributed by atoms with Gasteiger partial charge in [0.25, 0.3) is 5.91 Å². The molecule has 100 valence electrons. The molecule has 2 rings (SSSR count). The zero-order valence-corrected chi connectivity index (χ0v) is 10.4. The summed E-state index contributed by atoms with van der Waals surface area (Å²) in [5.41, 5.74) is 1.14. The molecule has 0 saturated heterocycles. The van der Waals surface area contributed by atoms with Crippen LogP contribution in [-0.2, 0) is 4.79 Å². The lowest BCUT2D eigenvalue weighted by Gasteiger charge is -2.03. The number of rotatable bonds is 4. The van der Waals surface area contributed by atoms with Crippen LogP contribution < -0.4 is 5.32 Å². The SMILES string of the molecule is O=C(O)/C=C/c1ccc(C(=O)Nc2cccnn2)cc1. The average Bonchev–Trinajstić information content (AvgIpc) is 2.46. The molecule has 1 amide bonds. The Balaban J connectivity index is 2.06. The monoisotopic (exact) mass is 269 g/mol. The maximum atomic E-state index is 11.9. The standard InChI is InChI=1S/C14H11N3O3/c18-13(19)8-5-10-3-6-11(7-4-10)14(20)16-12-2-1-9-15-17-12/h1-9H,(H,18,19)(H,16,17,20)/b8-5+. The van der Waals surface area contributed by atoms with Gasteiger partial charge in [-0.2, -0.15) is 5.10 Å². The highest BCUT2D eigenvalue weighted by Gasteiger charge is 2.06. The van der Waals surface area contributed by atoms with Gasteiger partial charge in [-0.1, -0.05) is 12.1 Å². The van der Waals surface area contributed by atoms with Crippen LogP contribution in [0.2, 0.25) is 0 Å². The lowest BCUT2D eigenvalue weighted by atomic mass is 10.1. The van der Waals surface area contributed by atoms with Gasteiger partial charge in [-0.15, -0.1) is 5.10 Å². The van der Waals surface area contributed by atoms with Crippen LogP contribution in [0.4, 0.5) is 5.82 Å². The third-order valence-electron chi connectivity index (χ3n) is 2.41. The van der Waals surface area contributed by atoms with Crippen LogP contribution in [0.5, 0.6) is 0 Å². The first-order valence-electron chi connectivity index (χ1n) is 5.75. The van der Waals surface area contributed by atoms with Crippen molar-refractivity contribution < 1.29 is 14.7 Å². The number of carbonyl (C=O) groups is 2. The number of aliphatic carboxylic acids is 1. The Hall–Kier alpha value is -3.02. The van der Waals surface area contributed by atoms with E-state index in [9.17, 15) is 9.59 Å². The summed E-state index contributed by atoms with van der Waals surface area (Å²) in [5.74, 6) is -0.957. The fourth-order valence-electron chi connectivity index (χ4n) is 1.47. The molecule has 6 nitrogen and oxygen atoms in total. The highest BCUT2D eigenvalue weighted by Crippen LogP contribution is 2.08. The van der Waals surface area contributed by atoms with E-state index in [2.05, 4.69) is 15.5 Å². The summed E-state index contributed by atoms with van der Waals surface area (Å²) in [4.78, 5) is 22.3. The molecule has 1 aromatic heterocycles. The van der Waals surface area contributed by atoms with E-state index in [0.717, 1.165) is 6.08 Å². The number of hydrogen-bond acceptors (Lipinski definition) is 4. The van der Waals surface area contributed by atoms with Crippen LogP contribution in [0, 0.1) is 0 Å². The molecule has 0 bridgehead atoms. The fraction of sp³-hybridized carbons (Fsp3) is 0. The van der Waals surface area contributed by atoms with Crippen molar-refractivity contribution in [3.63, 3.8) is 0 Å². The number of carboxylic acid groups (broad SMARTS) is 1. The third kappa shape index (κ3) is 3.74. The molecular formula is C14H11N3O3. The average molecular weight is 269 g/mol. The molecule has 2 N–H and O–H groups in total. The van der Waals surface area contributed by atoms with E-state index in [0.29, 0.717) is 16.9 Å². The van der Waals surface area contributed by atoms with E-state index in [-0.39, 0.29) is 5.91 Å². The van der Waals surface area contributed by atoms with Crippen LogP contribution >= 0.6 is 0 Å². The minimum atomic E-state index is -1.02. The second kappa shape index (κ2) is 6.24. The predicted octanol–water partition coefficient (Wildman–Crippen LogP) is 1.83. The van der Waals surface area contributed by atoms with Gasteiger partial charge >= 0.3 is 5.97 Å². The lowest BCUT2D eigenvalue weighted by Crippen LogP contribution is -2.13. The van der Waals surface area contributed by atoms with E-state index >= 15 is 0 Å². The van der Waals surface area contributed by atoms with Gasteiger partial charge in [-0.3, -0.25) is 4.79 Å². The molecule has 0 atom stereocenters. The smallest absolute Gasteiger partial charge is 0.328 e. The van der Waals surface area contributed by atoms with Crippen molar-refractivity contribution in [2.45, 2.75) is 0 Å². The topological polar surface area (TPSA) is 92.2 Å². The largest absolute Gasteiger partial charge is 0.478 e. The number of benzene rings is 1. The summed E-state index contributed by atoms with van der Waals surface area (Å²) in [6.07, 6.45) is 4.00. The second-order valence-electron chi connectivity index (χ2n) is 3.86. The summed E-state index contributed by atoms with van der Waals surface area (Å²) in [6.45, 7) is 0. The normalized spacial score (nSPS) is 10.4. The summed E-state index contributed by atoms with van der Waals surface area (Å²) < 4.78 is 0. The molecule has 0 aliphatic rings. The molecule has 0 aliphatic carbocycles. The molecule has 0 radical (unpaired) electrons. The highest BCUT2D eigenvalue weighted by molar-refractivity contribution is 6.03. The number of nitrogens with one attached hydrogen (secondary N) is 1. The fourth-order valence-corrected chi connectivity index (χ4v) is 1.47. The number of carbonyl (C=O) groups excluding carboxylic acids is 1. The molecule has 2 aromatic rings. The quantitative estimate of drug-likeness (QED) is 0.826. The zero-order valence-electron chi connectivity index (χ0n) is 10.4. The minimum Gasteiger partial charge on any atom is -0.478 e. The van der Waals surface area contributed by atoms with Gasteiger partial charge in [-0.05, 0) is 35.9 Å². The van der Waals surface area contributed by atoms with Gasteiger partial charge < -0.3 is 10.4 Å². The lowest BCUT2D eigenvalue weighted by molar-refractivity contribution is -0.131.